The molecule has 10 aromatic rings. The van der Waals surface area contributed by atoms with Crippen LogP contribution < -0.4 is 0 Å². The summed E-state index contributed by atoms with van der Waals surface area (Å²) in [7, 11) is 0. The summed E-state index contributed by atoms with van der Waals surface area (Å²) < 4.78 is 0. The highest BCUT2D eigenvalue weighted by Crippen LogP contribution is 2.51. The summed E-state index contributed by atoms with van der Waals surface area (Å²) in [6.45, 7) is 4.73. The van der Waals surface area contributed by atoms with E-state index in [1.807, 2.05) is 18.2 Å². The topological polar surface area (TPSA) is 25.8 Å². The lowest BCUT2D eigenvalue weighted by atomic mass is 9.81. The molecule has 1 aliphatic rings. The van der Waals surface area contributed by atoms with Crippen molar-refractivity contribution in [2.45, 2.75) is 19.3 Å². The summed E-state index contributed by atoms with van der Waals surface area (Å²) in [5.41, 5.74) is 17.6. The van der Waals surface area contributed by atoms with Crippen LogP contribution in [0.25, 0.3) is 100.0 Å². The van der Waals surface area contributed by atoms with E-state index in [0.717, 1.165) is 33.5 Å². The van der Waals surface area contributed by atoms with Gasteiger partial charge >= 0.3 is 0 Å². The molecule has 278 valence electrons. The molecule has 0 atom stereocenters. The number of hydrogen-bond acceptors (Lipinski definition) is 2. The predicted octanol–water partition coefficient (Wildman–Crippen LogP) is 15.1. The SMILES string of the molecule is CC1(C)c2cc(-c3ccccc3)ccc2-c2ccc(-c3ccc(-c4ccc(-c5cc(-c6ccc7ccccc7c6)nc(-c6ccccc6)n5)c5ccccc45)cc3)cc21. The molecule has 0 saturated heterocycles. The lowest BCUT2D eigenvalue weighted by Gasteiger charge is -2.22. The zero-order valence-corrected chi connectivity index (χ0v) is 33.0. The van der Waals surface area contributed by atoms with E-state index in [0.29, 0.717) is 5.82 Å². The molecule has 1 aliphatic carbocycles. The van der Waals surface area contributed by atoms with Crippen LogP contribution in [-0.4, -0.2) is 9.97 Å². The van der Waals surface area contributed by atoms with Gasteiger partial charge in [0.25, 0.3) is 0 Å². The van der Waals surface area contributed by atoms with Gasteiger partial charge in [0.15, 0.2) is 5.82 Å². The molecule has 9 aromatic carbocycles. The Kier molecular flexibility index (Phi) is 8.20. The van der Waals surface area contributed by atoms with Gasteiger partial charge in [0.1, 0.15) is 0 Å². The number of aromatic nitrogens is 2. The van der Waals surface area contributed by atoms with Crippen molar-refractivity contribution >= 4 is 21.5 Å². The summed E-state index contributed by atoms with van der Waals surface area (Å²) in [5.74, 6) is 0.714. The van der Waals surface area contributed by atoms with E-state index in [9.17, 15) is 0 Å². The molecule has 2 heteroatoms. The maximum atomic E-state index is 5.21. The minimum atomic E-state index is -0.103. The summed E-state index contributed by atoms with van der Waals surface area (Å²) in [6, 6.07) is 74.4. The average molecular weight is 753 g/mol. The van der Waals surface area contributed by atoms with Crippen molar-refractivity contribution in [1.82, 2.24) is 9.97 Å². The first kappa shape index (κ1) is 34.8. The van der Waals surface area contributed by atoms with Crippen LogP contribution in [-0.2, 0) is 5.41 Å². The summed E-state index contributed by atoms with van der Waals surface area (Å²) in [4.78, 5) is 10.3. The molecule has 0 aliphatic heterocycles. The smallest absolute Gasteiger partial charge is 0.160 e. The lowest BCUT2D eigenvalue weighted by Crippen LogP contribution is -2.15. The Balaban J connectivity index is 0.951. The van der Waals surface area contributed by atoms with E-state index in [2.05, 4.69) is 202 Å². The monoisotopic (exact) mass is 752 g/mol. The Hall–Kier alpha value is -7.42. The minimum absolute atomic E-state index is 0.103. The van der Waals surface area contributed by atoms with Gasteiger partial charge in [-0.1, -0.05) is 196 Å². The lowest BCUT2D eigenvalue weighted by molar-refractivity contribution is 0.661. The normalized spacial score (nSPS) is 12.7. The van der Waals surface area contributed by atoms with E-state index >= 15 is 0 Å². The van der Waals surface area contributed by atoms with Crippen molar-refractivity contribution in [3.05, 3.63) is 217 Å². The molecule has 0 bridgehead atoms. The fraction of sp³-hybridized carbons (Fsp3) is 0.0526. The molecule has 0 N–H and O–H groups in total. The van der Waals surface area contributed by atoms with Crippen molar-refractivity contribution in [3.8, 4) is 78.4 Å². The molecule has 0 unspecified atom stereocenters. The molecular weight excluding hydrogens is 713 g/mol. The first-order valence-electron chi connectivity index (χ1n) is 20.4. The second-order valence-electron chi connectivity index (χ2n) is 16.2. The Labute approximate surface area is 345 Å². The van der Waals surface area contributed by atoms with Crippen molar-refractivity contribution in [3.63, 3.8) is 0 Å². The van der Waals surface area contributed by atoms with Gasteiger partial charge in [0, 0.05) is 22.1 Å². The Bertz CT molecular complexity index is 3220. The quantitative estimate of drug-likeness (QED) is 0.169. The van der Waals surface area contributed by atoms with Crippen LogP contribution in [0.5, 0.6) is 0 Å². The maximum absolute atomic E-state index is 5.21. The Morgan fingerprint density at radius 1 is 0.305 bits per heavy atom. The van der Waals surface area contributed by atoms with Crippen LogP contribution in [0, 0.1) is 0 Å². The largest absolute Gasteiger partial charge is 0.228 e. The van der Waals surface area contributed by atoms with Gasteiger partial charge in [0.05, 0.1) is 11.4 Å². The third kappa shape index (κ3) is 6.04. The molecule has 2 nitrogen and oxygen atoms in total. The molecule has 0 radical (unpaired) electrons. The van der Waals surface area contributed by atoms with Crippen LogP contribution in [0.4, 0.5) is 0 Å². The van der Waals surface area contributed by atoms with Gasteiger partial charge < -0.3 is 0 Å². The number of hydrogen-bond donors (Lipinski definition) is 0. The van der Waals surface area contributed by atoms with Gasteiger partial charge in [0.2, 0.25) is 0 Å². The zero-order valence-electron chi connectivity index (χ0n) is 33.0. The fourth-order valence-corrected chi connectivity index (χ4v) is 9.14. The summed E-state index contributed by atoms with van der Waals surface area (Å²) in [6.07, 6.45) is 0. The highest BCUT2D eigenvalue weighted by atomic mass is 14.9. The van der Waals surface area contributed by atoms with Crippen molar-refractivity contribution in [2.24, 2.45) is 0 Å². The Morgan fingerprint density at radius 2 is 0.780 bits per heavy atom. The number of nitrogens with zero attached hydrogens (tertiary/aromatic N) is 2. The van der Waals surface area contributed by atoms with Crippen LogP contribution in [0.15, 0.2) is 206 Å². The highest BCUT2D eigenvalue weighted by Gasteiger charge is 2.36. The molecule has 0 amide bonds. The molecule has 0 fully saturated rings. The third-order valence-corrected chi connectivity index (χ3v) is 12.3. The van der Waals surface area contributed by atoms with Gasteiger partial charge in [-0.15, -0.1) is 0 Å². The first-order chi connectivity index (χ1) is 29.0. The van der Waals surface area contributed by atoms with Crippen LogP contribution >= 0.6 is 0 Å². The van der Waals surface area contributed by atoms with Crippen LogP contribution in [0.3, 0.4) is 0 Å². The number of benzene rings is 9. The van der Waals surface area contributed by atoms with E-state index in [-0.39, 0.29) is 5.41 Å². The molecule has 59 heavy (non-hydrogen) atoms. The van der Waals surface area contributed by atoms with Gasteiger partial charge in [-0.25, -0.2) is 9.97 Å². The summed E-state index contributed by atoms with van der Waals surface area (Å²) in [5, 5.41) is 4.75. The highest BCUT2D eigenvalue weighted by molar-refractivity contribution is 6.05. The maximum Gasteiger partial charge on any atom is 0.160 e. The molecule has 1 heterocycles. The van der Waals surface area contributed by atoms with Crippen molar-refractivity contribution < 1.29 is 0 Å². The third-order valence-electron chi connectivity index (χ3n) is 12.3. The predicted molar refractivity (Wildman–Crippen MR) is 247 cm³/mol. The van der Waals surface area contributed by atoms with E-state index in [1.165, 1.54) is 71.8 Å². The van der Waals surface area contributed by atoms with Gasteiger partial charge in [-0.05, 0) is 101 Å². The first-order valence-corrected chi connectivity index (χ1v) is 20.4. The van der Waals surface area contributed by atoms with Gasteiger partial charge in [-0.2, -0.15) is 0 Å². The zero-order chi connectivity index (χ0) is 39.5. The fourth-order valence-electron chi connectivity index (χ4n) is 9.14. The standard InChI is InChI=1S/C57H40N2/c1-57(2)52-34-43(37-13-5-3-6-14-37)27-29-49(52)50-30-28-44(35-53(50)57)39-21-24-40(25-22-39)46-31-32-51(48-20-12-11-19-47(46)48)55-36-54(58-56(59-55)41-16-7-4-8-17-41)45-26-23-38-15-9-10-18-42(38)33-45/h3-36H,1-2H3. The van der Waals surface area contributed by atoms with Gasteiger partial charge in [-0.3, -0.25) is 0 Å². The van der Waals surface area contributed by atoms with Crippen LogP contribution in [0.1, 0.15) is 25.0 Å². The average Bonchev–Trinajstić information content (AvgIpc) is 3.53. The molecule has 11 rings (SSSR count). The van der Waals surface area contributed by atoms with E-state index in [4.69, 9.17) is 9.97 Å². The van der Waals surface area contributed by atoms with Crippen LogP contribution in [0.2, 0.25) is 0 Å². The molecular formula is C57H40N2. The van der Waals surface area contributed by atoms with Crippen molar-refractivity contribution in [2.75, 3.05) is 0 Å². The minimum Gasteiger partial charge on any atom is -0.228 e. The van der Waals surface area contributed by atoms with Crippen molar-refractivity contribution in [1.29, 1.82) is 0 Å². The van der Waals surface area contributed by atoms with E-state index < -0.39 is 0 Å². The second-order valence-corrected chi connectivity index (χ2v) is 16.2. The summed E-state index contributed by atoms with van der Waals surface area (Å²) >= 11 is 0. The Morgan fingerprint density at radius 3 is 1.46 bits per heavy atom. The van der Waals surface area contributed by atoms with E-state index in [1.54, 1.807) is 0 Å². The number of rotatable bonds is 6. The molecule has 0 spiro atoms. The second kappa shape index (κ2) is 13.9. The molecule has 1 aromatic heterocycles. The number of fused-ring (bicyclic) bond motifs is 5. The molecule has 0 saturated carbocycles.